The number of allylic oxidation sites excluding steroid dienone is 5. The Morgan fingerprint density at radius 2 is 2.08 bits per heavy atom. The van der Waals surface area contributed by atoms with E-state index >= 15 is 0 Å². The quantitative estimate of drug-likeness (QED) is 0.637. The van der Waals surface area contributed by atoms with Gasteiger partial charge in [-0.05, 0) is 18.4 Å². The largest absolute Gasteiger partial charge is 0.327 e. The van der Waals surface area contributed by atoms with Crippen LogP contribution in [0.25, 0.3) is 0 Å². The molecule has 0 saturated carbocycles. The SMILES string of the molecule is C\C=C/C=C(\C=C/CN)C(C)C. The molecular weight excluding hydrogens is 146 g/mol. The Labute approximate surface area is 75.7 Å². The Morgan fingerprint density at radius 3 is 2.50 bits per heavy atom. The summed E-state index contributed by atoms with van der Waals surface area (Å²) < 4.78 is 0. The van der Waals surface area contributed by atoms with Crippen LogP contribution in [0.1, 0.15) is 20.8 Å². The molecule has 0 aliphatic carbocycles. The molecule has 0 aromatic carbocycles. The van der Waals surface area contributed by atoms with Gasteiger partial charge < -0.3 is 5.73 Å². The molecule has 0 atom stereocenters. The Bertz CT molecular complexity index is 185. The van der Waals surface area contributed by atoms with Crippen molar-refractivity contribution in [3.63, 3.8) is 0 Å². The van der Waals surface area contributed by atoms with Crippen molar-refractivity contribution in [1.29, 1.82) is 0 Å². The normalized spacial score (nSPS) is 13.9. The number of rotatable bonds is 4. The number of hydrogen-bond acceptors (Lipinski definition) is 1. The summed E-state index contributed by atoms with van der Waals surface area (Å²) in [5.74, 6) is 0.559. The average molecular weight is 165 g/mol. The Balaban J connectivity index is 4.32. The summed E-state index contributed by atoms with van der Waals surface area (Å²) in [6.45, 7) is 6.98. The van der Waals surface area contributed by atoms with Gasteiger partial charge in [0.15, 0.2) is 0 Å². The van der Waals surface area contributed by atoms with E-state index in [0.717, 1.165) is 0 Å². The molecule has 0 aromatic heterocycles. The van der Waals surface area contributed by atoms with Gasteiger partial charge in [0.2, 0.25) is 0 Å². The van der Waals surface area contributed by atoms with Gasteiger partial charge in [0.05, 0.1) is 0 Å². The van der Waals surface area contributed by atoms with Gasteiger partial charge in [-0.2, -0.15) is 0 Å². The molecule has 0 radical (unpaired) electrons. The summed E-state index contributed by atoms with van der Waals surface area (Å²) in [6, 6.07) is 0. The molecule has 0 unspecified atom stereocenters. The Hall–Kier alpha value is -0.820. The summed E-state index contributed by atoms with van der Waals surface area (Å²) >= 11 is 0. The molecule has 0 amide bonds. The number of nitrogens with two attached hydrogens (primary N) is 1. The molecule has 2 N–H and O–H groups in total. The van der Waals surface area contributed by atoms with Gasteiger partial charge in [0.25, 0.3) is 0 Å². The molecule has 0 aromatic rings. The molecule has 0 spiro atoms. The number of hydrogen-bond donors (Lipinski definition) is 1. The second kappa shape index (κ2) is 6.86. The molecule has 0 heterocycles. The molecule has 0 saturated heterocycles. The lowest BCUT2D eigenvalue weighted by Crippen LogP contribution is -1.95. The van der Waals surface area contributed by atoms with E-state index in [0.29, 0.717) is 12.5 Å². The third kappa shape index (κ3) is 4.91. The molecular formula is C11H19N. The van der Waals surface area contributed by atoms with Gasteiger partial charge >= 0.3 is 0 Å². The highest BCUT2D eigenvalue weighted by molar-refractivity contribution is 5.25. The van der Waals surface area contributed by atoms with Crippen LogP contribution < -0.4 is 5.73 Å². The monoisotopic (exact) mass is 165 g/mol. The molecule has 68 valence electrons. The molecule has 1 heteroatoms. The second-order valence-electron chi connectivity index (χ2n) is 2.99. The zero-order chi connectivity index (χ0) is 9.40. The van der Waals surface area contributed by atoms with Crippen LogP contribution in [-0.2, 0) is 0 Å². The predicted molar refractivity (Wildman–Crippen MR) is 55.9 cm³/mol. The van der Waals surface area contributed by atoms with Crippen molar-refractivity contribution < 1.29 is 0 Å². The summed E-state index contributed by atoms with van der Waals surface area (Å²) in [7, 11) is 0. The first-order valence-electron chi connectivity index (χ1n) is 4.41. The lowest BCUT2D eigenvalue weighted by Gasteiger charge is -2.04. The molecule has 0 aliphatic rings. The van der Waals surface area contributed by atoms with Crippen molar-refractivity contribution >= 4 is 0 Å². The highest BCUT2D eigenvalue weighted by atomic mass is 14.5. The highest BCUT2D eigenvalue weighted by Gasteiger charge is 1.95. The lowest BCUT2D eigenvalue weighted by molar-refractivity contribution is 0.791. The minimum Gasteiger partial charge on any atom is -0.327 e. The van der Waals surface area contributed by atoms with Crippen molar-refractivity contribution in [2.75, 3.05) is 6.54 Å². The van der Waals surface area contributed by atoms with Crippen molar-refractivity contribution in [2.45, 2.75) is 20.8 Å². The van der Waals surface area contributed by atoms with Crippen LogP contribution in [0, 0.1) is 5.92 Å². The fourth-order valence-corrected chi connectivity index (χ4v) is 0.852. The van der Waals surface area contributed by atoms with Crippen molar-refractivity contribution in [3.05, 3.63) is 36.0 Å². The third-order valence-corrected chi connectivity index (χ3v) is 1.59. The first-order chi connectivity index (χ1) is 5.72. The van der Waals surface area contributed by atoms with E-state index in [2.05, 4.69) is 32.1 Å². The molecule has 0 bridgehead atoms. The van der Waals surface area contributed by atoms with Crippen LogP contribution in [0.2, 0.25) is 0 Å². The van der Waals surface area contributed by atoms with E-state index in [4.69, 9.17) is 5.73 Å². The van der Waals surface area contributed by atoms with Crippen LogP contribution in [0.3, 0.4) is 0 Å². The first kappa shape index (κ1) is 11.2. The fourth-order valence-electron chi connectivity index (χ4n) is 0.852. The van der Waals surface area contributed by atoms with Crippen LogP contribution >= 0.6 is 0 Å². The van der Waals surface area contributed by atoms with Crippen LogP contribution in [0.4, 0.5) is 0 Å². The van der Waals surface area contributed by atoms with Gasteiger partial charge in [-0.1, -0.05) is 44.2 Å². The molecule has 0 fully saturated rings. The van der Waals surface area contributed by atoms with Crippen molar-refractivity contribution in [3.8, 4) is 0 Å². The minimum atomic E-state index is 0.559. The van der Waals surface area contributed by atoms with Gasteiger partial charge in [-0.25, -0.2) is 0 Å². The molecule has 12 heavy (non-hydrogen) atoms. The maximum absolute atomic E-state index is 5.37. The van der Waals surface area contributed by atoms with Crippen LogP contribution in [0.15, 0.2) is 36.0 Å². The zero-order valence-corrected chi connectivity index (χ0v) is 8.25. The van der Waals surface area contributed by atoms with E-state index in [-0.39, 0.29) is 0 Å². The topological polar surface area (TPSA) is 26.0 Å². The van der Waals surface area contributed by atoms with E-state index < -0.39 is 0 Å². The second-order valence-corrected chi connectivity index (χ2v) is 2.99. The maximum Gasteiger partial charge on any atom is 0.0110 e. The highest BCUT2D eigenvalue weighted by Crippen LogP contribution is 2.10. The Kier molecular flexibility index (Phi) is 6.39. The van der Waals surface area contributed by atoms with Gasteiger partial charge in [0.1, 0.15) is 0 Å². The summed E-state index contributed by atoms with van der Waals surface area (Å²) in [4.78, 5) is 0. The van der Waals surface area contributed by atoms with Crippen LogP contribution in [0.5, 0.6) is 0 Å². The van der Waals surface area contributed by atoms with E-state index in [1.165, 1.54) is 5.57 Å². The van der Waals surface area contributed by atoms with E-state index in [1.807, 2.05) is 19.1 Å². The minimum absolute atomic E-state index is 0.559. The summed E-state index contributed by atoms with van der Waals surface area (Å²) in [5.41, 5.74) is 6.69. The van der Waals surface area contributed by atoms with Gasteiger partial charge in [-0.3, -0.25) is 0 Å². The van der Waals surface area contributed by atoms with Crippen molar-refractivity contribution in [1.82, 2.24) is 0 Å². The van der Waals surface area contributed by atoms with E-state index in [9.17, 15) is 0 Å². The smallest absolute Gasteiger partial charge is 0.0110 e. The van der Waals surface area contributed by atoms with Crippen molar-refractivity contribution in [2.24, 2.45) is 11.7 Å². The van der Waals surface area contributed by atoms with E-state index in [1.54, 1.807) is 0 Å². The zero-order valence-electron chi connectivity index (χ0n) is 8.25. The summed E-state index contributed by atoms with van der Waals surface area (Å²) in [5, 5.41) is 0. The predicted octanol–water partition coefficient (Wildman–Crippen LogP) is 2.66. The lowest BCUT2D eigenvalue weighted by atomic mass is 10.0. The van der Waals surface area contributed by atoms with Crippen LogP contribution in [-0.4, -0.2) is 6.54 Å². The van der Waals surface area contributed by atoms with Gasteiger partial charge in [-0.15, -0.1) is 0 Å². The Morgan fingerprint density at radius 1 is 1.42 bits per heavy atom. The standard InChI is InChI=1S/C11H19N/c1-4-5-7-11(10(2)3)8-6-9-12/h4-8,10H,9,12H2,1-3H3/b5-4-,8-6-,11-7+. The first-order valence-corrected chi connectivity index (χ1v) is 4.41. The van der Waals surface area contributed by atoms with Gasteiger partial charge in [0, 0.05) is 6.54 Å². The fraction of sp³-hybridized carbons (Fsp3) is 0.455. The average Bonchev–Trinajstić information content (AvgIpc) is 2.04. The maximum atomic E-state index is 5.37. The molecule has 1 nitrogen and oxygen atoms in total. The third-order valence-electron chi connectivity index (χ3n) is 1.59. The molecule has 0 aliphatic heterocycles. The summed E-state index contributed by atoms with van der Waals surface area (Å²) in [6.07, 6.45) is 10.3. The molecule has 0 rings (SSSR count).